The van der Waals surface area contributed by atoms with Crippen LogP contribution in [0.2, 0.25) is 5.02 Å². The van der Waals surface area contributed by atoms with Crippen LogP contribution in [0.25, 0.3) is 11.3 Å². The predicted molar refractivity (Wildman–Crippen MR) is 109 cm³/mol. The molecule has 0 aliphatic heterocycles. The molecule has 2 heterocycles. The third-order valence-corrected chi connectivity index (χ3v) is 4.61. The van der Waals surface area contributed by atoms with Crippen molar-refractivity contribution in [2.24, 2.45) is 12.8 Å². The lowest BCUT2D eigenvalue weighted by Gasteiger charge is -2.17. The zero-order valence-corrected chi connectivity index (χ0v) is 16.1. The third-order valence-electron chi connectivity index (χ3n) is 4.38. The summed E-state index contributed by atoms with van der Waals surface area (Å²) in [7, 11) is 1.70. The van der Waals surface area contributed by atoms with Gasteiger partial charge in [0.1, 0.15) is 0 Å². The molecule has 6 nitrogen and oxygen atoms in total. The van der Waals surface area contributed by atoms with E-state index in [1.807, 2.05) is 36.4 Å². The average molecular weight is 384 g/mol. The van der Waals surface area contributed by atoms with Crippen LogP contribution in [-0.2, 0) is 13.5 Å². The molecule has 0 radical (unpaired) electrons. The molecule has 0 saturated heterocycles. The molecule has 0 fully saturated rings. The van der Waals surface area contributed by atoms with E-state index < -0.39 is 0 Å². The summed E-state index contributed by atoms with van der Waals surface area (Å²) in [5.74, 6) is 0.485. The largest absolute Gasteiger partial charge is 0.354 e. The second-order valence-electron chi connectivity index (χ2n) is 6.48. The zero-order chi connectivity index (χ0) is 19.4. The van der Waals surface area contributed by atoms with Crippen molar-refractivity contribution >= 4 is 17.5 Å². The highest BCUT2D eigenvalue weighted by atomic mass is 35.5. The van der Waals surface area contributed by atoms with Gasteiger partial charge in [-0.3, -0.25) is 14.3 Å². The van der Waals surface area contributed by atoms with Crippen LogP contribution in [0, 0.1) is 6.92 Å². The average Bonchev–Trinajstić information content (AvgIpc) is 2.66. The summed E-state index contributed by atoms with van der Waals surface area (Å²) in [6.07, 6.45) is 4.04. The number of halogens is 1. The van der Waals surface area contributed by atoms with Crippen molar-refractivity contribution in [2.45, 2.75) is 19.4 Å². The first-order valence-corrected chi connectivity index (χ1v) is 9.05. The van der Waals surface area contributed by atoms with Crippen molar-refractivity contribution in [1.82, 2.24) is 14.5 Å². The van der Waals surface area contributed by atoms with E-state index in [0.717, 1.165) is 11.1 Å². The van der Waals surface area contributed by atoms with Crippen LogP contribution in [0.15, 0.2) is 53.6 Å². The standard InChI is InChI=1S/C20H22ClN5O/c1-13-18(15-6-8-23-9-7-15)25-20(26(2)19(13)27)24-12-17(22)11-14-4-3-5-16(21)10-14/h3-10,17H,11-12,22H2,1-2H3,(H,24,25). The number of hydrogen-bond acceptors (Lipinski definition) is 5. The van der Waals surface area contributed by atoms with Gasteiger partial charge < -0.3 is 11.1 Å². The van der Waals surface area contributed by atoms with Crippen molar-refractivity contribution in [3.8, 4) is 11.3 Å². The number of anilines is 1. The minimum atomic E-state index is -0.147. The van der Waals surface area contributed by atoms with Gasteiger partial charge in [0.15, 0.2) is 0 Å². The van der Waals surface area contributed by atoms with Crippen LogP contribution in [0.1, 0.15) is 11.1 Å². The molecule has 0 saturated carbocycles. The Morgan fingerprint density at radius 2 is 2.00 bits per heavy atom. The molecule has 1 atom stereocenters. The second kappa shape index (κ2) is 8.33. The van der Waals surface area contributed by atoms with Gasteiger partial charge in [-0.2, -0.15) is 0 Å². The molecule has 0 spiro atoms. The molecule has 0 bridgehead atoms. The lowest BCUT2D eigenvalue weighted by molar-refractivity contribution is 0.687. The second-order valence-corrected chi connectivity index (χ2v) is 6.92. The van der Waals surface area contributed by atoms with Crippen LogP contribution < -0.4 is 16.6 Å². The molecule has 0 amide bonds. The summed E-state index contributed by atoms with van der Waals surface area (Å²) >= 11 is 6.02. The van der Waals surface area contributed by atoms with Crippen LogP contribution >= 0.6 is 11.6 Å². The molecule has 7 heteroatoms. The van der Waals surface area contributed by atoms with Gasteiger partial charge in [-0.15, -0.1) is 0 Å². The fourth-order valence-electron chi connectivity index (χ4n) is 2.92. The quantitative estimate of drug-likeness (QED) is 0.683. The lowest BCUT2D eigenvalue weighted by Crippen LogP contribution is -2.34. The van der Waals surface area contributed by atoms with Crippen LogP contribution in [0.5, 0.6) is 0 Å². The number of nitrogens with one attached hydrogen (secondary N) is 1. The van der Waals surface area contributed by atoms with E-state index in [0.29, 0.717) is 35.2 Å². The first kappa shape index (κ1) is 19.1. The van der Waals surface area contributed by atoms with Gasteiger partial charge in [0.2, 0.25) is 5.95 Å². The molecule has 27 heavy (non-hydrogen) atoms. The van der Waals surface area contributed by atoms with Gasteiger partial charge >= 0.3 is 0 Å². The molecule has 1 unspecified atom stereocenters. The molecule has 0 aliphatic rings. The molecule has 1 aromatic carbocycles. The Labute approximate surface area is 163 Å². The maximum atomic E-state index is 12.6. The van der Waals surface area contributed by atoms with Crippen molar-refractivity contribution in [2.75, 3.05) is 11.9 Å². The molecule has 3 N–H and O–H groups in total. The number of rotatable bonds is 6. The van der Waals surface area contributed by atoms with E-state index in [1.54, 1.807) is 26.4 Å². The molecule has 140 valence electrons. The van der Waals surface area contributed by atoms with E-state index in [-0.39, 0.29) is 11.6 Å². The lowest BCUT2D eigenvalue weighted by atomic mass is 10.1. The SMILES string of the molecule is Cc1c(-c2ccncc2)nc(NCC(N)Cc2cccc(Cl)c2)n(C)c1=O. The summed E-state index contributed by atoms with van der Waals surface area (Å²) < 4.78 is 1.51. The summed E-state index contributed by atoms with van der Waals surface area (Å²) in [4.78, 5) is 21.2. The van der Waals surface area contributed by atoms with Gasteiger partial charge in [-0.25, -0.2) is 4.98 Å². The van der Waals surface area contributed by atoms with Crippen LogP contribution in [-0.4, -0.2) is 27.1 Å². The molecule has 3 aromatic rings. The highest BCUT2D eigenvalue weighted by Gasteiger charge is 2.14. The number of nitrogens with two attached hydrogens (primary N) is 1. The predicted octanol–water partition coefficient (Wildman–Crippen LogP) is 2.79. The van der Waals surface area contributed by atoms with Crippen molar-refractivity contribution < 1.29 is 0 Å². The maximum absolute atomic E-state index is 12.6. The summed E-state index contributed by atoms with van der Waals surface area (Å²) in [6.45, 7) is 2.26. The molecular formula is C20H22ClN5O. The minimum Gasteiger partial charge on any atom is -0.354 e. The van der Waals surface area contributed by atoms with Gasteiger partial charge in [0.25, 0.3) is 5.56 Å². The Hall–Kier alpha value is -2.70. The van der Waals surface area contributed by atoms with E-state index in [2.05, 4.69) is 15.3 Å². The first-order valence-electron chi connectivity index (χ1n) is 8.67. The van der Waals surface area contributed by atoms with Crippen molar-refractivity contribution in [3.05, 3.63) is 75.3 Å². The van der Waals surface area contributed by atoms with Crippen LogP contribution in [0.4, 0.5) is 5.95 Å². The Morgan fingerprint density at radius 1 is 1.26 bits per heavy atom. The topological polar surface area (TPSA) is 85.8 Å². The van der Waals surface area contributed by atoms with Crippen molar-refractivity contribution in [1.29, 1.82) is 0 Å². The first-order chi connectivity index (χ1) is 13.0. The maximum Gasteiger partial charge on any atom is 0.258 e. The van der Waals surface area contributed by atoms with E-state index in [9.17, 15) is 4.79 Å². The molecular weight excluding hydrogens is 362 g/mol. The van der Waals surface area contributed by atoms with E-state index in [4.69, 9.17) is 17.3 Å². The normalized spacial score (nSPS) is 12.0. The van der Waals surface area contributed by atoms with E-state index >= 15 is 0 Å². The zero-order valence-electron chi connectivity index (χ0n) is 15.3. The van der Waals surface area contributed by atoms with Gasteiger partial charge in [-0.1, -0.05) is 23.7 Å². The highest BCUT2D eigenvalue weighted by Crippen LogP contribution is 2.19. The van der Waals surface area contributed by atoms with Gasteiger partial charge in [-0.05, 0) is 43.2 Å². The van der Waals surface area contributed by atoms with Gasteiger partial charge in [0.05, 0.1) is 5.69 Å². The minimum absolute atomic E-state index is 0.0947. The summed E-state index contributed by atoms with van der Waals surface area (Å²) in [5, 5.41) is 3.90. The number of hydrogen-bond donors (Lipinski definition) is 2. The monoisotopic (exact) mass is 383 g/mol. The Balaban J connectivity index is 1.78. The molecule has 0 aliphatic carbocycles. The third kappa shape index (κ3) is 4.53. The number of nitrogens with zero attached hydrogens (tertiary/aromatic N) is 3. The molecule has 2 aromatic heterocycles. The number of aromatic nitrogens is 3. The summed E-state index contributed by atoms with van der Waals surface area (Å²) in [6, 6.07) is 11.2. The van der Waals surface area contributed by atoms with E-state index in [1.165, 1.54) is 4.57 Å². The van der Waals surface area contributed by atoms with Gasteiger partial charge in [0, 0.05) is 48.2 Å². The Bertz CT molecular complexity index is 987. The number of benzene rings is 1. The van der Waals surface area contributed by atoms with Crippen LogP contribution in [0.3, 0.4) is 0 Å². The summed E-state index contributed by atoms with van der Waals surface area (Å²) in [5.41, 5.74) is 9.31. The van der Waals surface area contributed by atoms with Crippen molar-refractivity contribution in [3.63, 3.8) is 0 Å². The fourth-order valence-corrected chi connectivity index (χ4v) is 3.14. The number of pyridine rings is 1. The fraction of sp³-hybridized carbons (Fsp3) is 0.250. The molecule has 3 rings (SSSR count). The Kier molecular flexibility index (Phi) is 5.88. The highest BCUT2D eigenvalue weighted by molar-refractivity contribution is 6.30. The smallest absolute Gasteiger partial charge is 0.258 e. The Morgan fingerprint density at radius 3 is 2.70 bits per heavy atom.